The third-order valence-electron chi connectivity index (χ3n) is 1.98. The SMILES string of the molecule is C[C@H](O)CCCc1cccc(Br)c1. The summed E-state index contributed by atoms with van der Waals surface area (Å²) >= 11 is 3.43. The molecule has 1 aromatic rings. The molecule has 1 rings (SSSR count). The Balaban J connectivity index is 2.37. The number of benzene rings is 1. The van der Waals surface area contributed by atoms with Crippen LogP contribution in [-0.2, 0) is 6.42 Å². The van der Waals surface area contributed by atoms with Crippen LogP contribution in [0.2, 0.25) is 0 Å². The lowest BCUT2D eigenvalue weighted by Gasteiger charge is -2.04. The second-order valence-electron chi connectivity index (χ2n) is 3.37. The predicted octanol–water partition coefficient (Wildman–Crippen LogP) is 3.15. The monoisotopic (exact) mass is 242 g/mol. The summed E-state index contributed by atoms with van der Waals surface area (Å²) in [5.41, 5.74) is 1.33. The van der Waals surface area contributed by atoms with Gasteiger partial charge in [-0.3, -0.25) is 0 Å². The number of hydrogen-bond donors (Lipinski definition) is 1. The van der Waals surface area contributed by atoms with E-state index in [0.717, 1.165) is 23.7 Å². The first-order valence-corrected chi connectivity index (χ1v) is 5.40. The molecule has 72 valence electrons. The average molecular weight is 243 g/mol. The fraction of sp³-hybridized carbons (Fsp3) is 0.455. The lowest BCUT2D eigenvalue weighted by Crippen LogP contribution is -1.99. The summed E-state index contributed by atoms with van der Waals surface area (Å²) in [6, 6.07) is 8.31. The molecule has 0 saturated carbocycles. The summed E-state index contributed by atoms with van der Waals surface area (Å²) in [6.45, 7) is 1.83. The molecular weight excluding hydrogens is 228 g/mol. The lowest BCUT2D eigenvalue weighted by molar-refractivity contribution is 0.182. The lowest BCUT2D eigenvalue weighted by atomic mass is 10.1. The maximum atomic E-state index is 9.08. The van der Waals surface area contributed by atoms with Crippen molar-refractivity contribution in [3.05, 3.63) is 34.3 Å². The van der Waals surface area contributed by atoms with Crippen LogP contribution in [0.4, 0.5) is 0 Å². The molecule has 0 spiro atoms. The molecule has 0 fully saturated rings. The van der Waals surface area contributed by atoms with Crippen molar-refractivity contribution in [1.29, 1.82) is 0 Å². The van der Waals surface area contributed by atoms with Crippen LogP contribution in [0.1, 0.15) is 25.3 Å². The second kappa shape index (κ2) is 5.40. The van der Waals surface area contributed by atoms with Gasteiger partial charge in [0.2, 0.25) is 0 Å². The minimum Gasteiger partial charge on any atom is -0.393 e. The summed E-state index contributed by atoms with van der Waals surface area (Å²) in [5.74, 6) is 0. The van der Waals surface area contributed by atoms with Crippen molar-refractivity contribution in [2.24, 2.45) is 0 Å². The normalized spacial score (nSPS) is 12.8. The standard InChI is InChI=1S/C11H15BrO/c1-9(13)4-2-5-10-6-3-7-11(12)8-10/h3,6-9,13H,2,4-5H2,1H3/t9-/m0/s1. The van der Waals surface area contributed by atoms with Gasteiger partial charge in [-0.2, -0.15) is 0 Å². The first-order chi connectivity index (χ1) is 6.18. The summed E-state index contributed by atoms with van der Waals surface area (Å²) in [6.07, 6.45) is 2.80. The maximum absolute atomic E-state index is 9.08. The third kappa shape index (κ3) is 4.44. The van der Waals surface area contributed by atoms with E-state index in [1.165, 1.54) is 5.56 Å². The second-order valence-corrected chi connectivity index (χ2v) is 4.29. The summed E-state index contributed by atoms with van der Waals surface area (Å²) in [5, 5.41) is 9.08. The van der Waals surface area contributed by atoms with Crippen LogP contribution in [0.3, 0.4) is 0 Å². The third-order valence-corrected chi connectivity index (χ3v) is 2.47. The van der Waals surface area contributed by atoms with Crippen molar-refractivity contribution in [2.75, 3.05) is 0 Å². The topological polar surface area (TPSA) is 20.2 Å². The van der Waals surface area contributed by atoms with Gasteiger partial charge in [0.15, 0.2) is 0 Å². The van der Waals surface area contributed by atoms with Gasteiger partial charge in [0, 0.05) is 4.47 Å². The predicted molar refractivity (Wildman–Crippen MR) is 58.8 cm³/mol. The van der Waals surface area contributed by atoms with Crippen LogP contribution in [0.5, 0.6) is 0 Å². The molecule has 0 unspecified atom stereocenters. The van der Waals surface area contributed by atoms with Crippen molar-refractivity contribution in [3.63, 3.8) is 0 Å². The van der Waals surface area contributed by atoms with Crippen LogP contribution in [0.15, 0.2) is 28.7 Å². The van der Waals surface area contributed by atoms with Crippen molar-refractivity contribution in [1.82, 2.24) is 0 Å². The van der Waals surface area contributed by atoms with E-state index in [0.29, 0.717) is 0 Å². The summed E-state index contributed by atoms with van der Waals surface area (Å²) < 4.78 is 1.13. The quantitative estimate of drug-likeness (QED) is 0.861. The van der Waals surface area contributed by atoms with Gasteiger partial charge in [0.1, 0.15) is 0 Å². The van der Waals surface area contributed by atoms with Crippen LogP contribution >= 0.6 is 15.9 Å². The van der Waals surface area contributed by atoms with Crippen LogP contribution in [0, 0.1) is 0 Å². The van der Waals surface area contributed by atoms with Gasteiger partial charge in [-0.15, -0.1) is 0 Å². The molecule has 0 aromatic heterocycles. The largest absolute Gasteiger partial charge is 0.393 e. The van der Waals surface area contributed by atoms with Crippen molar-refractivity contribution in [3.8, 4) is 0 Å². The Hall–Kier alpha value is -0.340. The molecule has 1 N–H and O–H groups in total. The van der Waals surface area contributed by atoms with E-state index in [-0.39, 0.29) is 6.10 Å². The molecule has 1 nitrogen and oxygen atoms in total. The molecule has 0 aliphatic rings. The average Bonchev–Trinajstić information content (AvgIpc) is 2.03. The molecule has 2 heteroatoms. The molecular formula is C11H15BrO. The highest BCUT2D eigenvalue weighted by atomic mass is 79.9. The number of aryl methyl sites for hydroxylation is 1. The molecule has 0 bridgehead atoms. The molecule has 0 amide bonds. The van der Waals surface area contributed by atoms with E-state index >= 15 is 0 Å². The number of aliphatic hydroxyl groups excluding tert-OH is 1. The molecule has 1 aromatic carbocycles. The van der Waals surface area contributed by atoms with Gasteiger partial charge >= 0.3 is 0 Å². The molecule has 0 saturated heterocycles. The Morgan fingerprint density at radius 1 is 1.46 bits per heavy atom. The Morgan fingerprint density at radius 2 is 2.23 bits per heavy atom. The summed E-state index contributed by atoms with van der Waals surface area (Å²) in [4.78, 5) is 0. The summed E-state index contributed by atoms with van der Waals surface area (Å²) in [7, 11) is 0. The number of aliphatic hydroxyl groups is 1. The van der Waals surface area contributed by atoms with Gasteiger partial charge in [0.25, 0.3) is 0 Å². The minimum absolute atomic E-state index is 0.174. The van der Waals surface area contributed by atoms with E-state index in [1.54, 1.807) is 0 Å². The van der Waals surface area contributed by atoms with Gasteiger partial charge in [-0.1, -0.05) is 28.1 Å². The van der Waals surface area contributed by atoms with Crippen LogP contribution in [-0.4, -0.2) is 11.2 Å². The van der Waals surface area contributed by atoms with Gasteiger partial charge in [-0.25, -0.2) is 0 Å². The van der Waals surface area contributed by atoms with E-state index in [1.807, 2.05) is 19.1 Å². The van der Waals surface area contributed by atoms with E-state index in [2.05, 4.69) is 28.1 Å². The fourth-order valence-electron chi connectivity index (χ4n) is 1.29. The molecule has 13 heavy (non-hydrogen) atoms. The Kier molecular flexibility index (Phi) is 4.46. The van der Waals surface area contributed by atoms with E-state index in [4.69, 9.17) is 5.11 Å². The fourth-order valence-corrected chi connectivity index (χ4v) is 1.74. The Labute approximate surface area is 87.9 Å². The molecule has 0 heterocycles. The Bertz CT molecular complexity index is 258. The molecule has 0 aliphatic carbocycles. The van der Waals surface area contributed by atoms with E-state index in [9.17, 15) is 0 Å². The van der Waals surface area contributed by atoms with Crippen LogP contribution < -0.4 is 0 Å². The van der Waals surface area contributed by atoms with Crippen molar-refractivity contribution in [2.45, 2.75) is 32.3 Å². The first kappa shape index (κ1) is 10.7. The first-order valence-electron chi connectivity index (χ1n) is 4.61. The molecule has 0 radical (unpaired) electrons. The number of halogens is 1. The van der Waals surface area contributed by atoms with Crippen molar-refractivity contribution < 1.29 is 5.11 Å². The van der Waals surface area contributed by atoms with Gasteiger partial charge in [-0.05, 0) is 43.9 Å². The van der Waals surface area contributed by atoms with Gasteiger partial charge in [0.05, 0.1) is 6.10 Å². The maximum Gasteiger partial charge on any atom is 0.0512 e. The Morgan fingerprint density at radius 3 is 2.85 bits per heavy atom. The van der Waals surface area contributed by atoms with Gasteiger partial charge < -0.3 is 5.11 Å². The highest BCUT2D eigenvalue weighted by Gasteiger charge is 1.97. The van der Waals surface area contributed by atoms with E-state index < -0.39 is 0 Å². The number of rotatable bonds is 4. The highest BCUT2D eigenvalue weighted by Crippen LogP contribution is 2.13. The molecule has 0 aliphatic heterocycles. The zero-order valence-corrected chi connectivity index (χ0v) is 9.42. The highest BCUT2D eigenvalue weighted by molar-refractivity contribution is 9.10. The zero-order valence-electron chi connectivity index (χ0n) is 7.83. The minimum atomic E-state index is -0.174. The number of hydrogen-bond acceptors (Lipinski definition) is 1. The molecule has 1 atom stereocenters. The zero-order chi connectivity index (χ0) is 9.68. The van der Waals surface area contributed by atoms with Crippen LogP contribution in [0.25, 0.3) is 0 Å². The smallest absolute Gasteiger partial charge is 0.0512 e. The van der Waals surface area contributed by atoms with Crippen molar-refractivity contribution >= 4 is 15.9 Å².